The Balaban J connectivity index is 1.71. The summed E-state index contributed by atoms with van der Waals surface area (Å²) in [4.78, 5) is 4.10. The fourth-order valence-corrected chi connectivity index (χ4v) is 1.49. The monoisotopic (exact) mass is 266 g/mol. The van der Waals surface area contributed by atoms with E-state index < -0.39 is 0 Å². The molecule has 0 spiro atoms. The second-order valence-corrected chi connectivity index (χ2v) is 4.09. The molecule has 8 nitrogen and oxygen atoms in total. The van der Waals surface area contributed by atoms with Crippen molar-refractivity contribution in [2.75, 3.05) is 18.4 Å². The van der Waals surface area contributed by atoms with Gasteiger partial charge in [0, 0.05) is 13.0 Å². The van der Waals surface area contributed by atoms with Crippen LogP contribution in [0.25, 0.3) is 0 Å². The Kier molecular flexibility index (Phi) is 4.85. The zero-order chi connectivity index (χ0) is 13.5. The zero-order valence-electron chi connectivity index (χ0n) is 11.1. The molecule has 19 heavy (non-hydrogen) atoms. The maximum Gasteiger partial charge on any atom is 0.315 e. The number of rotatable bonds is 8. The van der Waals surface area contributed by atoms with Gasteiger partial charge >= 0.3 is 6.01 Å². The van der Waals surface area contributed by atoms with E-state index in [0.717, 1.165) is 13.0 Å². The van der Waals surface area contributed by atoms with Crippen molar-refractivity contribution in [2.45, 2.75) is 33.2 Å². The summed E-state index contributed by atoms with van der Waals surface area (Å²) in [6.45, 7) is 6.01. The molecule has 0 bridgehead atoms. The largest absolute Gasteiger partial charge is 0.407 e. The van der Waals surface area contributed by atoms with Gasteiger partial charge in [0.25, 0.3) is 0 Å². The van der Waals surface area contributed by atoms with E-state index in [1.165, 1.54) is 0 Å². The van der Waals surface area contributed by atoms with E-state index in [1.54, 1.807) is 6.92 Å². The zero-order valence-corrected chi connectivity index (χ0v) is 11.1. The van der Waals surface area contributed by atoms with E-state index in [2.05, 4.69) is 37.9 Å². The van der Waals surface area contributed by atoms with E-state index in [0.29, 0.717) is 43.1 Å². The average Bonchev–Trinajstić information content (AvgIpc) is 3.00. The molecule has 2 aromatic rings. The summed E-state index contributed by atoms with van der Waals surface area (Å²) >= 11 is 0. The lowest BCUT2D eigenvalue weighted by molar-refractivity contribution is 0.376. The average molecular weight is 266 g/mol. The van der Waals surface area contributed by atoms with Gasteiger partial charge < -0.3 is 19.6 Å². The normalized spacial score (nSPS) is 10.8. The van der Waals surface area contributed by atoms with Crippen molar-refractivity contribution in [3.8, 4) is 0 Å². The van der Waals surface area contributed by atoms with E-state index in [1.807, 2.05) is 0 Å². The maximum absolute atomic E-state index is 5.41. The lowest BCUT2D eigenvalue weighted by Crippen LogP contribution is -2.13. The van der Waals surface area contributed by atoms with Crippen LogP contribution < -0.4 is 10.6 Å². The first-order valence-electron chi connectivity index (χ1n) is 6.34. The highest BCUT2D eigenvalue weighted by molar-refractivity contribution is 5.16. The Hall–Kier alpha value is -1.96. The highest BCUT2D eigenvalue weighted by Crippen LogP contribution is 2.05. The van der Waals surface area contributed by atoms with Gasteiger partial charge in [-0.3, -0.25) is 0 Å². The van der Waals surface area contributed by atoms with Gasteiger partial charge in [0.1, 0.15) is 0 Å². The molecule has 0 unspecified atom stereocenters. The molecule has 0 fully saturated rings. The molecule has 2 heterocycles. The smallest absolute Gasteiger partial charge is 0.315 e. The number of nitrogens with one attached hydrogen (secondary N) is 2. The highest BCUT2D eigenvalue weighted by atomic mass is 16.5. The van der Waals surface area contributed by atoms with Gasteiger partial charge in [-0.1, -0.05) is 17.2 Å². The number of aryl methyl sites for hydroxylation is 1. The first kappa shape index (κ1) is 13.5. The van der Waals surface area contributed by atoms with Crippen molar-refractivity contribution in [1.29, 1.82) is 0 Å². The molecule has 0 saturated heterocycles. The Morgan fingerprint density at radius 3 is 2.79 bits per heavy atom. The second kappa shape index (κ2) is 6.83. The highest BCUT2D eigenvalue weighted by Gasteiger charge is 2.06. The lowest BCUT2D eigenvalue weighted by Gasteiger charge is -1.98. The fraction of sp³-hybridized carbons (Fsp3) is 0.636. The third-order valence-corrected chi connectivity index (χ3v) is 2.35. The van der Waals surface area contributed by atoms with Crippen LogP contribution in [-0.4, -0.2) is 33.4 Å². The maximum atomic E-state index is 5.41. The molecule has 0 amide bonds. The Morgan fingerprint density at radius 1 is 1.16 bits per heavy atom. The number of hydrogen-bond donors (Lipinski definition) is 2. The molecule has 0 radical (unpaired) electrons. The predicted octanol–water partition coefficient (Wildman–Crippen LogP) is 0.915. The van der Waals surface area contributed by atoms with Gasteiger partial charge in [-0.05, 0) is 19.9 Å². The Bertz CT molecular complexity index is 495. The quantitative estimate of drug-likeness (QED) is 0.680. The van der Waals surface area contributed by atoms with Crippen LogP contribution in [-0.2, 0) is 13.0 Å². The first-order chi connectivity index (χ1) is 9.28. The minimum absolute atomic E-state index is 0.407. The first-order valence-corrected chi connectivity index (χ1v) is 6.34. The summed E-state index contributed by atoms with van der Waals surface area (Å²) in [6, 6.07) is 0.407. The molecular formula is C11H18N6O2. The molecule has 8 heteroatoms. The van der Waals surface area contributed by atoms with Crippen molar-refractivity contribution in [1.82, 2.24) is 25.7 Å². The number of aromatic nitrogens is 4. The summed E-state index contributed by atoms with van der Waals surface area (Å²) in [5.41, 5.74) is 0. The molecule has 0 aliphatic heterocycles. The van der Waals surface area contributed by atoms with E-state index in [4.69, 9.17) is 8.94 Å². The van der Waals surface area contributed by atoms with Crippen LogP contribution >= 0.6 is 0 Å². The summed E-state index contributed by atoms with van der Waals surface area (Å²) in [7, 11) is 0. The third-order valence-electron chi connectivity index (χ3n) is 2.35. The summed E-state index contributed by atoms with van der Waals surface area (Å²) in [6.07, 6.45) is 1.69. The van der Waals surface area contributed by atoms with Crippen molar-refractivity contribution >= 4 is 6.01 Å². The van der Waals surface area contributed by atoms with E-state index in [-0.39, 0.29) is 0 Å². The lowest BCUT2D eigenvalue weighted by atomic mass is 10.4. The Labute approximate surface area is 111 Å². The molecule has 104 valence electrons. The second-order valence-electron chi connectivity index (χ2n) is 4.09. The van der Waals surface area contributed by atoms with Crippen LogP contribution in [0.3, 0.4) is 0 Å². The molecule has 0 aliphatic carbocycles. The van der Waals surface area contributed by atoms with Gasteiger partial charge in [-0.15, -0.1) is 5.10 Å². The SMILES string of the molecule is CCCNCc1nnc(NCCc2nc(C)no2)o1. The van der Waals surface area contributed by atoms with Crippen LogP contribution in [0.5, 0.6) is 0 Å². The van der Waals surface area contributed by atoms with Gasteiger partial charge in [-0.2, -0.15) is 4.98 Å². The molecular weight excluding hydrogens is 248 g/mol. The molecule has 0 aliphatic rings. The Morgan fingerprint density at radius 2 is 2.05 bits per heavy atom. The van der Waals surface area contributed by atoms with Crippen LogP contribution in [0, 0.1) is 6.92 Å². The van der Waals surface area contributed by atoms with Crippen molar-refractivity contribution in [3.63, 3.8) is 0 Å². The number of hydrogen-bond acceptors (Lipinski definition) is 8. The van der Waals surface area contributed by atoms with E-state index >= 15 is 0 Å². The van der Waals surface area contributed by atoms with Gasteiger partial charge in [0.15, 0.2) is 5.82 Å². The van der Waals surface area contributed by atoms with Crippen LogP contribution in [0.4, 0.5) is 6.01 Å². The molecule has 0 saturated carbocycles. The standard InChI is InChI=1S/C11H18N6O2/c1-3-5-12-7-10-15-16-11(18-10)13-6-4-9-14-8(2)17-19-9/h12H,3-7H2,1-2H3,(H,13,16). The third kappa shape index (κ3) is 4.32. The topological polar surface area (TPSA) is 102 Å². The van der Waals surface area contributed by atoms with Crippen molar-refractivity contribution in [3.05, 3.63) is 17.6 Å². The minimum atomic E-state index is 0.407. The minimum Gasteiger partial charge on any atom is -0.407 e. The van der Waals surface area contributed by atoms with Crippen LogP contribution in [0.1, 0.15) is 31.0 Å². The van der Waals surface area contributed by atoms with Crippen molar-refractivity contribution < 1.29 is 8.94 Å². The fourth-order valence-electron chi connectivity index (χ4n) is 1.49. The molecule has 2 N–H and O–H groups in total. The number of anilines is 1. The van der Waals surface area contributed by atoms with E-state index in [9.17, 15) is 0 Å². The van der Waals surface area contributed by atoms with Gasteiger partial charge in [0.05, 0.1) is 6.54 Å². The summed E-state index contributed by atoms with van der Waals surface area (Å²) in [5, 5.41) is 17.7. The molecule has 0 atom stereocenters. The van der Waals surface area contributed by atoms with Gasteiger partial charge in [0.2, 0.25) is 11.8 Å². The molecule has 2 aromatic heterocycles. The number of nitrogens with zero attached hydrogens (tertiary/aromatic N) is 4. The summed E-state index contributed by atoms with van der Waals surface area (Å²) < 4.78 is 10.4. The predicted molar refractivity (Wildman–Crippen MR) is 67.5 cm³/mol. The van der Waals surface area contributed by atoms with Crippen LogP contribution in [0.15, 0.2) is 8.94 Å². The summed E-state index contributed by atoms with van der Waals surface area (Å²) in [5.74, 6) is 1.80. The molecule has 0 aromatic carbocycles. The van der Waals surface area contributed by atoms with Crippen LogP contribution in [0.2, 0.25) is 0 Å². The van der Waals surface area contributed by atoms with Crippen molar-refractivity contribution in [2.24, 2.45) is 0 Å². The molecule has 2 rings (SSSR count). The van der Waals surface area contributed by atoms with Gasteiger partial charge in [-0.25, -0.2) is 0 Å².